The molecule has 0 radical (unpaired) electrons. The highest BCUT2D eigenvalue weighted by Gasteiger charge is 2.15. The molecule has 0 aliphatic carbocycles. The molecule has 0 aromatic heterocycles. The summed E-state index contributed by atoms with van der Waals surface area (Å²) in [6.07, 6.45) is 0. The molecule has 0 aromatic carbocycles. The average Bonchev–Trinajstić information content (AvgIpc) is 2.53. The van der Waals surface area contributed by atoms with E-state index < -0.39 is 0 Å². The maximum absolute atomic E-state index is 8.36. The van der Waals surface area contributed by atoms with Crippen LogP contribution in [0.15, 0.2) is 0 Å². The first-order chi connectivity index (χ1) is 11.4. The molecule has 0 aliphatic heterocycles. The molecule has 0 aromatic rings. The molecule has 0 saturated heterocycles. The smallest absolute Gasteiger partial charge is 0.193 e. The van der Waals surface area contributed by atoms with Crippen LogP contribution in [0.1, 0.15) is 27.7 Å². The van der Waals surface area contributed by atoms with Gasteiger partial charge in [0.25, 0.3) is 0 Å². The average molecular weight is 345 g/mol. The lowest BCUT2D eigenvalue weighted by Gasteiger charge is -2.33. The van der Waals surface area contributed by atoms with Crippen molar-refractivity contribution in [2.24, 2.45) is 11.7 Å². The molecule has 0 spiro atoms. The van der Waals surface area contributed by atoms with E-state index in [9.17, 15) is 0 Å². The highest BCUT2D eigenvalue weighted by molar-refractivity contribution is 5.76. The van der Waals surface area contributed by atoms with Crippen LogP contribution in [0.5, 0.6) is 0 Å². The Balaban J connectivity index is 3.85. The number of hydrogen-bond donors (Lipinski definition) is 4. The lowest BCUT2D eigenvalue weighted by molar-refractivity contribution is 0.0450. The summed E-state index contributed by atoms with van der Waals surface area (Å²) in [6, 6.07) is 0. The van der Waals surface area contributed by atoms with E-state index >= 15 is 0 Å². The molecule has 0 amide bonds. The van der Waals surface area contributed by atoms with E-state index in [1.165, 1.54) is 0 Å². The van der Waals surface area contributed by atoms with Crippen LogP contribution in [-0.4, -0.2) is 80.9 Å². The van der Waals surface area contributed by atoms with Gasteiger partial charge in [0.2, 0.25) is 0 Å². The second-order valence-electron chi connectivity index (χ2n) is 5.90. The van der Waals surface area contributed by atoms with Gasteiger partial charge < -0.3 is 30.3 Å². The summed E-state index contributed by atoms with van der Waals surface area (Å²) in [5, 5.41) is 18.0. The van der Waals surface area contributed by atoms with Gasteiger partial charge >= 0.3 is 0 Å². The maximum Gasteiger partial charge on any atom is 0.193 e. The van der Waals surface area contributed by atoms with Crippen molar-refractivity contribution in [1.29, 1.82) is 10.8 Å². The Morgan fingerprint density at radius 2 is 1.58 bits per heavy atom. The highest BCUT2D eigenvalue weighted by Crippen LogP contribution is 2.03. The van der Waals surface area contributed by atoms with Crippen molar-refractivity contribution in [3.8, 4) is 0 Å². The molecular weight excluding hydrogens is 308 g/mol. The summed E-state index contributed by atoms with van der Waals surface area (Å²) in [4.78, 5) is 4.13. The predicted octanol–water partition coefficient (Wildman–Crippen LogP) is 0.737. The summed E-state index contributed by atoms with van der Waals surface area (Å²) in [5.74, 6) is 1.06. The summed E-state index contributed by atoms with van der Waals surface area (Å²) < 4.78 is 10.9. The lowest BCUT2D eigenvalue weighted by Crippen LogP contribution is -2.46. The quantitative estimate of drug-likeness (QED) is 0.223. The van der Waals surface area contributed by atoms with Gasteiger partial charge in [-0.3, -0.25) is 10.8 Å². The zero-order chi connectivity index (χ0) is 18.4. The Kier molecular flexibility index (Phi) is 13.0. The molecular formula is C16H36N6O2. The minimum atomic E-state index is -0.0458. The third-order valence-electron chi connectivity index (χ3n) is 3.39. The van der Waals surface area contributed by atoms with Crippen LogP contribution in [-0.2, 0) is 9.47 Å². The van der Waals surface area contributed by atoms with Gasteiger partial charge in [0, 0.05) is 32.7 Å². The van der Waals surface area contributed by atoms with Gasteiger partial charge in [0.1, 0.15) is 0 Å². The molecule has 0 rings (SSSR count). The van der Waals surface area contributed by atoms with Crippen molar-refractivity contribution >= 4 is 11.9 Å². The van der Waals surface area contributed by atoms with Crippen molar-refractivity contribution in [1.82, 2.24) is 15.1 Å². The van der Waals surface area contributed by atoms with E-state index in [0.29, 0.717) is 51.4 Å². The van der Waals surface area contributed by atoms with Gasteiger partial charge in [-0.2, -0.15) is 0 Å². The fourth-order valence-electron chi connectivity index (χ4n) is 2.17. The van der Waals surface area contributed by atoms with Gasteiger partial charge in [-0.05, 0) is 19.8 Å². The third kappa shape index (κ3) is 11.1. The molecule has 0 saturated carbocycles. The number of nitrogens with one attached hydrogen (secondary N) is 3. The minimum absolute atomic E-state index is 0.0458. The van der Waals surface area contributed by atoms with E-state index in [-0.39, 0.29) is 5.96 Å². The first kappa shape index (κ1) is 22.5. The molecule has 8 nitrogen and oxygen atoms in total. The third-order valence-corrected chi connectivity index (χ3v) is 3.39. The zero-order valence-electron chi connectivity index (χ0n) is 15.7. The normalized spacial score (nSPS) is 10.7. The van der Waals surface area contributed by atoms with E-state index in [2.05, 4.69) is 37.9 Å². The van der Waals surface area contributed by atoms with Crippen LogP contribution in [0.3, 0.4) is 0 Å². The largest absolute Gasteiger partial charge is 0.377 e. The second-order valence-corrected chi connectivity index (χ2v) is 5.90. The van der Waals surface area contributed by atoms with Crippen LogP contribution >= 0.6 is 0 Å². The topological polar surface area (TPSA) is 111 Å². The first-order valence-electron chi connectivity index (χ1n) is 8.74. The molecule has 5 N–H and O–H groups in total. The van der Waals surface area contributed by atoms with E-state index in [4.69, 9.17) is 26.0 Å². The first-order valence-corrected chi connectivity index (χ1v) is 8.74. The lowest BCUT2D eigenvalue weighted by atomic mass is 10.2. The predicted molar refractivity (Wildman–Crippen MR) is 98.6 cm³/mol. The molecule has 24 heavy (non-hydrogen) atoms. The molecule has 0 unspecified atom stereocenters. The van der Waals surface area contributed by atoms with Crippen molar-refractivity contribution < 1.29 is 9.47 Å². The monoisotopic (exact) mass is 344 g/mol. The van der Waals surface area contributed by atoms with Gasteiger partial charge in [-0.25, -0.2) is 0 Å². The number of ether oxygens (including phenoxy) is 2. The molecule has 0 heterocycles. The fraction of sp³-hybridized carbons (Fsp3) is 0.875. The molecule has 142 valence electrons. The van der Waals surface area contributed by atoms with Crippen LogP contribution < -0.4 is 11.1 Å². The Hall–Kier alpha value is -1.54. The summed E-state index contributed by atoms with van der Waals surface area (Å²) in [5.41, 5.74) is 5.16. The van der Waals surface area contributed by atoms with Crippen LogP contribution in [0, 0.1) is 16.7 Å². The summed E-state index contributed by atoms with van der Waals surface area (Å²) in [7, 11) is 0. The molecule has 0 aliphatic rings. The van der Waals surface area contributed by atoms with Crippen molar-refractivity contribution in [2.45, 2.75) is 27.7 Å². The maximum atomic E-state index is 8.36. The van der Waals surface area contributed by atoms with Gasteiger partial charge in [-0.15, -0.1) is 0 Å². The van der Waals surface area contributed by atoms with Crippen LogP contribution in [0.2, 0.25) is 0 Å². The summed E-state index contributed by atoms with van der Waals surface area (Å²) in [6.45, 7) is 14.3. The van der Waals surface area contributed by atoms with Crippen LogP contribution in [0.4, 0.5) is 0 Å². The van der Waals surface area contributed by atoms with Gasteiger partial charge in [-0.1, -0.05) is 13.8 Å². The molecule has 8 heteroatoms. The Morgan fingerprint density at radius 3 is 2.08 bits per heavy atom. The minimum Gasteiger partial charge on any atom is -0.377 e. The van der Waals surface area contributed by atoms with E-state index in [1.54, 1.807) is 0 Å². The van der Waals surface area contributed by atoms with E-state index in [1.807, 2.05) is 4.90 Å². The zero-order valence-corrected chi connectivity index (χ0v) is 15.7. The fourth-order valence-corrected chi connectivity index (χ4v) is 2.17. The van der Waals surface area contributed by atoms with Crippen molar-refractivity contribution in [2.75, 3.05) is 59.2 Å². The van der Waals surface area contributed by atoms with Crippen LogP contribution in [0.25, 0.3) is 0 Å². The number of nitrogens with zero attached hydrogens (tertiary/aromatic N) is 2. The molecule has 0 fully saturated rings. The number of hydrogen-bond acceptors (Lipinski definition) is 4. The number of likely N-dealkylation sites (N-methyl/N-ethyl adjacent to an activating group) is 1. The van der Waals surface area contributed by atoms with Gasteiger partial charge in [0.15, 0.2) is 11.9 Å². The van der Waals surface area contributed by atoms with E-state index in [0.717, 1.165) is 19.6 Å². The number of guanidine groups is 2. The Bertz CT molecular complexity index is 351. The Labute approximate surface area is 146 Å². The standard InChI is InChI=1S/C16H36N6O2/c1-5-21(16(19)22(6-2)13-14(3)4)8-10-24-12-11-23-9-7-20-15(17)18/h14,19H,5-13H2,1-4H3,(H4,17,18,20). The molecule has 0 bridgehead atoms. The molecule has 0 atom stereocenters. The second kappa shape index (κ2) is 13.9. The number of rotatable bonds is 13. The van der Waals surface area contributed by atoms with Crippen molar-refractivity contribution in [3.05, 3.63) is 0 Å². The SMILES string of the molecule is CCN(CCOCCOCCNC(=N)N)C(=N)N(CC)CC(C)C. The highest BCUT2D eigenvalue weighted by atomic mass is 16.5. The number of nitrogens with two attached hydrogens (primary N) is 1. The summed E-state index contributed by atoms with van der Waals surface area (Å²) >= 11 is 0. The van der Waals surface area contributed by atoms with Crippen molar-refractivity contribution in [3.63, 3.8) is 0 Å². The van der Waals surface area contributed by atoms with Gasteiger partial charge in [0.05, 0.1) is 26.4 Å². The Morgan fingerprint density at radius 1 is 1.00 bits per heavy atom.